The molecule has 0 aliphatic carbocycles. The van der Waals surface area contributed by atoms with Crippen LogP contribution in [0.3, 0.4) is 0 Å². The fourth-order valence-electron chi connectivity index (χ4n) is 2.20. The zero-order valence-corrected chi connectivity index (χ0v) is 14.4. The molecule has 0 fully saturated rings. The predicted octanol–water partition coefficient (Wildman–Crippen LogP) is 4.10. The predicted molar refractivity (Wildman–Crippen MR) is 89.5 cm³/mol. The fraction of sp³-hybridized carbons (Fsp3) is 0.375. The molecule has 0 radical (unpaired) electrons. The first-order valence-corrected chi connectivity index (χ1v) is 7.73. The molecular weight excluding hydrogens is 330 g/mol. The molecule has 5 heteroatoms. The summed E-state index contributed by atoms with van der Waals surface area (Å²) in [4.78, 5) is 9.28. The molecule has 0 saturated heterocycles. The number of anilines is 1. The lowest BCUT2D eigenvalue weighted by molar-refractivity contribution is 0.181. The number of nitrogens with zero attached hydrogens (tertiary/aromatic N) is 2. The summed E-state index contributed by atoms with van der Waals surface area (Å²) in [5, 5.41) is 3.26. The Kier molecular flexibility index (Phi) is 5.31. The maximum absolute atomic E-state index is 5.23. The topological polar surface area (TPSA) is 47.0 Å². The minimum atomic E-state index is 0.444. The van der Waals surface area contributed by atoms with Crippen LogP contribution in [0.1, 0.15) is 23.7 Å². The van der Waals surface area contributed by atoms with Crippen molar-refractivity contribution < 1.29 is 4.74 Å². The number of hydrogen-bond donors (Lipinski definition) is 1. The van der Waals surface area contributed by atoms with Crippen molar-refractivity contribution in [3.05, 3.63) is 39.5 Å². The second-order valence-electron chi connectivity index (χ2n) is 4.94. The largest absolute Gasteiger partial charge is 0.378 e. The van der Waals surface area contributed by atoms with Gasteiger partial charge in [-0.2, -0.15) is 0 Å². The van der Waals surface area contributed by atoms with Gasteiger partial charge in [0.2, 0.25) is 0 Å². The van der Waals surface area contributed by atoms with Gasteiger partial charge in [-0.25, -0.2) is 9.97 Å². The number of methoxy groups -OCH3 is 1. The van der Waals surface area contributed by atoms with Gasteiger partial charge in [0.05, 0.1) is 16.8 Å². The lowest BCUT2D eigenvalue weighted by atomic mass is 10.1. The smallest absolute Gasteiger partial charge is 0.162 e. The summed E-state index contributed by atoms with van der Waals surface area (Å²) in [5.41, 5.74) is 4.29. The van der Waals surface area contributed by atoms with Gasteiger partial charge in [-0.05, 0) is 42.3 Å². The van der Waals surface area contributed by atoms with Crippen LogP contribution in [-0.2, 0) is 11.3 Å². The maximum atomic E-state index is 5.23. The third-order valence-electron chi connectivity index (χ3n) is 3.17. The van der Waals surface area contributed by atoms with Crippen molar-refractivity contribution in [1.29, 1.82) is 0 Å². The highest BCUT2D eigenvalue weighted by Gasteiger charge is 2.14. The summed E-state index contributed by atoms with van der Waals surface area (Å²) >= 11 is 3.55. The molecule has 4 nitrogen and oxygen atoms in total. The molecule has 1 N–H and O–H groups in total. The van der Waals surface area contributed by atoms with Gasteiger partial charge >= 0.3 is 0 Å². The summed E-state index contributed by atoms with van der Waals surface area (Å²) in [6.07, 6.45) is 0. The van der Waals surface area contributed by atoms with Gasteiger partial charge in [-0.1, -0.05) is 23.8 Å². The molecule has 1 aromatic carbocycles. The number of aromatic nitrogens is 2. The van der Waals surface area contributed by atoms with E-state index in [4.69, 9.17) is 4.74 Å². The Balaban J connectivity index is 2.56. The van der Waals surface area contributed by atoms with Gasteiger partial charge < -0.3 is 10.1 Å². The molecule has 0 spiro atoms. The molecule has 112 valence electrons. The van der Waals surface area contributed by atoms with Gasteiger partial charge in [-0.15, -0.1) is 0 Å². The number of aryl methyl sites for hydroxylation is 2. The third-order valence-corrected chi connectivity index (χ3v) is 4.00. The standard InChI is InChI=1S/C16H20BrN3O/c1-5-18-16-14(17)13(9-21-4)19-15(20-16)12-7-6-10(2)8-11(12)3/h6-8H,5,9H2,1-4H3,(H,18,19,20). The van der Waals surface area contributed by atoms with E-state index in [-0.39, 0.29) is 0 Å². The minimum absolute atomic E-state index is 0.444. The summed E-state index contributed by atoms with van der Waals surface area (Å²) in [5.74, 6) is 1.52. The van der Waals surface area contributed by atoms with Crippen molar-refractivity contribution in [3.8, 4) is 11.4 Å². The van der Waals surface area contributed by atoms with Gasteiger partial charge in [0.15, 0.2) is 5.82 Å². The van der Waals surface area contributed by atoms with Crippen molar-refractivity contribution in [3.63, 3.8) is 0 Å². The number of halogens is 1. The number of rotatable bonds is 5. The SMILES string of the molecule is CCNc1nc(-c2ccc(C)cc2C)nc(COC)c1Br. The van der Waals surface area contributed by atoms with Crippen molar-refractivity contribution in [2.75, 3.05) is 19.0 Å². The van der Waals surface area contributed by atoms with Crippen LogP contribution >= 0.6 is 15.9 Å². The van der Waals surface area contributed by atoms with Crippen LogP contribution in [0, 0.1) is 13.8 Å². The van der Waals surface area contributed by atoms with E-state index in [9.17, 15) is 0 Å². The minimum Gasteiger partial charge on any atom is -0.378 e. The van der Waals surface area contributed by atoms with E-state index in [2.05, 4.69) is 63.3 Å². The third kappa shape index (κ3) is 3.60. The van der Waals surface area contributed by atoms with Crippen molar-refractivity contribution in [2.24, 2.45) is 0 Å². The lowest BCUT2D eigenvalue weighted by Gasteiger charge is -2.13. The van der Waals surface area contributed by atoms with Crippen molar-refractivity contribution >= 4 is 21.7 Å². The highest BCUT2D eigenvalue weighted by Crippen LogP contribution is 2.29. The van der Waals surface area contributed by atoms with E-state index in [1.54, 1.807) is 7.11 Å². The fourth-order valence-corrected chi connectivity index (χ4v) is 2.63. The Morgan fingerprint density at radius 2 is 2.00 bits per heavy atom. The highest BCUT2D eigenvalue weighted by molar-refractivity contribution is 9.10. The van der Waals surface area contributed by atoms with Crippen LogP contribution < -0.4 is 5.32 Å². The number of ether oxygens (including phenoxy) is 1. The first-order valence-electron chi connectivity index (χ1n) is 6.93. The average Bonchev–Trinajstić information content (AvgIpc) is 2.43. The first kappa shape index (κ1) is 15.9. The molecule has 0 amide bonds. The molecule has 2 rings (SSSR count). The molecule has 1 heterocycles. The van der Waals surface area contributed by atoms with Gasteiger partial charge in [0.25, 0.3) is 0 Å². The van der Waals surface area contributed by atoms with Crippen LogP contribution in [0.4, 0.5) is 5.82 Å². The second kappa shape index (κ2) is 7.00. The summed E-state index contributed by atoms with van der Waals surface area (Å²) < 4.78 is 6.09. The summed E-state index contributed by atoms with van der Waals surface area (Å²) in [6.45, 7) is 7.45. The van der Waals surface area contributed by atoms with E-state index in [0.29, 0.717) is 6.61 Å². The highest BCUT2D eigenvalue weighted by atomic mass is 79.9. The molecule has 0 saturated carbocycles. The molecule has 0 atom stereocenters. The number of hydrogen-bond acceptors (Lipinski definition) is 4. The monoisotopic (exact) mass is 349 g/mol. The molecule has 0 aliphatic heterocycles. The molecule has 0 unspecified atom stereocenters. The molecule has 1 aromatic heterocycles. The quantitative estimate of drug-likeness (QED) is 0.882. The van der Waals surface area contributed by atoms with Gasteiger partial charge in [0, 0.05) is 19.2 Å². The molecule has 0 bridgehead atoms. The Labute approximate surface area is 134 Å². The Morgan fingerprint density at radius 1 is 1.24 bits per heavy atom. The zero-order chi connectivity index (χ0) is 15.4. The van der Waals surface area contributed by atoms with E-state index in [0.717, 1.165) is 33.9 Å². The Bertz CT molecular complexity index is 616. The van der Waals surface area contributed by atoms with E-state index >= 15 is 0 Å². The van der Waals surface area contributed by atoms with E-state index in [1.165, 1.54) is 11.1 Å². The van der Waals surface area contributed by atoms with Crippen LogP contribution in [0.15, 0.2) is 22.7 Å². The molecular formula is C16H20BrN3O. The molecule has 0 aliphatic rings. The Hall–Kier alpha value is -1.46. The zero-order valence-electron chi connectivity index (χ0n) is 12.8. The summed E-state index contributed by atoms with van der Waals surface area (Å²) in [6, 6.07) is 6.29. The Morgan fingerprint density at radius 3 is 2.62 bits per heavy atom. The summed E-state index contributed by atoms with van der Waals surface area (Å²) in [7, 11) is 1.66. The van der Waals surface area contributed by atoms with Crippen LogP contribution in [0.2, 0.25) is 0 Å². The van der Waals surface area contributed by atoms with Gasteiger partial charge in [-0.3, -0.25) is 0 Å². The average molecular weight is 350 g/mol. The van der Waals surface area contributed by atoms with E-state index < -0.39 is 0 Å². The second-order valence-corrected chi connectivity index (χ2v) is 5.73. The van der Waals surface area contributed by atoms with Crippen LogP contribution in [0.5, 0.6) is 0 Å². The lowest BCUT2D eigenvalue weighted by Crippen LogP contribution is -2.07. The van der Waals surface area contributed by atoms with Crippen molar-refractivity contribution in [1.82, 2.24) is 9.97 Å². The normalized spacial score (nSPS) is 10.7. The molecule has 2 aromatic rings. The number of benzene rings is 1. The van der Waals surface area contributed by atoms with Gasteiger partial charge in [0.1, 0.15) is 5.82 Å². The number of nitrogens with one attached hydrogen (secondary N) is 1. The van der Waals surface area contributed by atoms with E-state index in [1.807, 2.05) is 6.92 Å². The van der Waals surface area contributed by atoms with Crippen LogP contribution in [0.25, 0.3) is 11.4 Å². The first-order chi connectivity index (χ1) is 10.1. The van der Waals surface area contributed by atoms with Crippen LogP contribution in [-0.4, -0.2) is 23.6 Å². The maximum Gasteiger partial charge on any atom is 0.162 e. The molecule has 21 heavy (non-hydrogen) atoms. The van der Waals surface area contributed by atoms with Crippen molar-refractivity contribution in [2.45, 2.75) is 27.4 Å².